The third-order valence-corrected chi connectivity index (χ3v) is 2.41. The minimum absolute atomic E-state index is 0.521. The Hall–Kier alpha value is -2.27. The van der Waals surface area contributed by atoms with Crippen LogP contribution in [-0.4, -0.2) is 0 Å². The molecule has 92 valence electrons. The molecule has 0 amide bonds. The Balaban J connectivity index is 2.93. The van der Waals surface area contributed by atoms with Crippen LogP contribution < -0.4 is 4.74 Å². The Morgan fingerprint density at radius 2 is 2.17 bits per heavy atom. The van der Waals surface area contributed by atoms with Gasteiger partial charge in [-0.1, -0.05) is 30.9 Å². The van der Waals surface area contributed by atoms with Crippen molar-refractivity contribution in [1.29, 1.82) is 5.26 Å². The number of ether oxygens (including phenoxy) is 1. The van der Waals surface area contributed by atoms with Gasteiger partial charge in [0.25, 0.3) is 0 Å². The molecule has 18 heavy (non-hydrogen) atoms. The average Bonchev–Trinajstić information content (AvgIpc) is 2.29. The van der Waals surface area contributed by atoms with Gasteiger partial charge in [-0.3, -0.25) is 0 Å². The van der Waals surface area contributed by atoms with Crippen molar-refractivity contribution in [3.05, 3.63) is 65.5 Å². The van der Waals surface area contributed by atoms with Crippen molar-refractivity contribution in [2.45, 2.75) is 20.8 Å². The predicted molar refractivity (Wildman–Crippen MR) is 74.2 cm³/mol. The molecule has 0 fully saturated rings. The molecule has 1 aromatic carbocycles. The molecule has 0 aliphatic heterocycles. The number of hydrogen-bond donors (Lipinski definition) is 0. The van der Waals surface area contributed by atoms with E-state index in [0.29, 0.717) is 17.1 Å². The lowest BCUT2D eigenvalue weighted by molar-refractivity contribution is 0.444. The van der Waals surface area contributed by atoms with Gasteiger partial charge in [0.2, 0.25) is 0 Å². The number of hydrogen-bond acceptors (Lipinski definition) is 2. The first kappa shape index (κ1) is 13.8. The molecule has 0 unspecified atom stereocenters. The maximum atomic E-state index is 9.09. The molecule has 2 heteroatoms. The van der Waals surface area contributed by atoms with Crippen LogP contribution in [0.25, 0.3) is 0 Å². The van der Waals surface area contributed by atoms with Crippen LogP contribution in [0.1, 0.15) is 25.0 Å². The van der Waals surface area contributed by atoms with Crippen molar-refractivity contribution in [3.63, 3.8) is 0 Å². The van der Waals surface area contributed by atoms with E-state index >= 15 is 0 Å². The minimum atomic E-state index is 0.521. The molecular weight excluding hydrogens is 222 g/mol. The summed E-state index contributed by atoms with van der Waals surface area (Å²) < 4.78 is 5.61. The molecule has 0 spiro atoms. The fraction of sp³-hybridized carbons (Fsp3) is 0.188. The summed E-state index contributed by atoms with van der Waals surface area (Å²) in [5.74, 6) is 1.07. The normalized spacial score (nSPS) is 11.3. The second-order valence-corrected chi connectivity index (χ2v) is 4.02. The first-order valence-electron chi connectivity index (χ1n) is 5.76. The van der Waals surface area contributed by atoms with Crippen LogP contribution in [0.4, 0.5) is 0 Å². The summed E-state index contributed by atoms with van der Waals surface area (Å²) in [6.07, 6.45) is 5.76. The lowest BCUT2D eigenvalue weighted by Crippen LogP contribution is -1.95. The molecule has 0 aliphatic rings. The minimum Gasteiger partial charge on any atom is -0.457 e. The highest BCUT2D eigenvalue weighted by atomic mass is 16.5. The summed E-state index contributed by atoms with van der Waals surface area (Å²) in [4.78, 5) is 0. The van der Waals surface area contributed by atoms with E-state index in [4.69, 9.17) is 10.00 Å². The van der Waals surface area contributed by atoms with Gasteiger partial charge in [0.1, 0.15) is 17.6 Å². The maximum Gasteiger partial charge on any atom is 0.145 e. The number of nitriles is 1. The molecule has 0 aliphatic carbocycles. The predicted octanol–water partition coefficient (Wildman–Crippen LogP) is 4.28. The largest absolute Gasteiger partial charge is 0.457 e. The standard InChI is InChI=1S/C16H17NO/c1-5-7-12(2)10-14(4)18-16-9-6-8-13(3)15(16)11-17/h5-10H,4H2,1-3H3/b7-5-,12-10-. The topological polar surface area (TPSA) is 33.0 Å². The quantitative estimate of drug-likeness (QED) is 0.580. The Bertz CT molecular complexity index is 545. The number of allylic oxidation sites excluding steroid dienone is 4. The third-order valence-electron chi connectivity index (χ3n) is 2.41. The Morgan fingerprint density at radius 1 is 1.44 bits per heavy atom. The zero-order valence-corrected chi connectivity index (χ0v) is 11.0. The Kier molecular flexibility index (Phi) is 4.95. The monoisotopic (exact) mass is 239 g/mol. The van der Waals surface area contributed by atoms with Crippen LogP contribution in [0, 0.1) is 18.3 Å². The van der Waals surface area contributed by atoms with Crippen LogP contribution in [0.2, 0.25) is 0 Å². The van der Waals surface area contributed by atoms with Crippen molar-refractivity contribution >= 4 is 0 Å². The molecule has 2 nitrogen and oxygen atoms in total. The molecule has 0 radical (unpaired) electrons. The van der Waals surface area contributed by atoms with E-state index in [2.05, 4.69) is 12.6 Å². The Labute approximate surface area is 109 Å². The molecule has 0 saturated heterocycles. The van der Waals surface area contributed by atoms with Crippen molar-refractivity contribution in [2.75, 3.05) is 0 Å². The number of aryl methyl sites for hydroxylation is 1. The molecule has 0 bridgehead atoms. The van der Waals surface area contributed by atoms with Crippen LogP contribution in [-0.2, 0) is 0 Å². The molecule has 0 aromatic heterocycles. The molecule has 1 rings (SSSR count). The first-order chi connectivity index (χ1) is 8.58. The van der Waals surface area contributed by atoms with E-state index < -0.39 is 0 Å². The van der Waals surface area contributed by atoms with E-state index in [1.807, 2.05) is 51.1 Å². The average molecular weight is 239 g/mol. The van der Waals surface area contributed by atoms with Gasteiger partial charge in [-0.25, -0.2) is 0 Å². The fourth-order valence-corrected chi connectivity index (χ4v) is 1.60. The maximum absolute atomic E-state index is 9.09. The highest BCUT2D eigenvalue weighted by Crippen LogP contribution is 2.23. The highest BCUT2D eigenvalue weighted by Gasteiger charge is 2.06. The van der Waals surface area contributed by atoms with Crippen molar-refractivity contribution in [1.82, 2.24) is 0 Å². The summed E-state index contributed by atoms with van der Waals surface area (Å²) in [6.45, 7) is 9.64. The molecule has 0 atom stereocenters. The SMILES string of the molecule is C=C(/C=C(C)\C=C/C)Oc1cccc(C)c1C#N. The van der Waals surface area contributed by atoms with Gasteiger partial charge in [-0.15, -0.1) is 0 Å². The lowest BCUT2D eigenvalue weighted by atomic mass is 10.1. The van der Waals surface area contributed by atoms with Crippen LogP contribution in [0.15, 0.2) is 54.3 Å². The summed E-state index contributed by atoms with van der Waals surface area (Å²) in [5.41, 5.74) is 2.50. The van der Waals surface area contributed by atoms with Gasteiger partial charge in [-0.05, 0) is 44.1 Å². The van der Waals surface area contributed by atoms with Crippen LogP contribution >= 0.6 is 0 Å². The zero-order chi connectivity index (χ0) is 13.5. The van der Waals surface area contributed by atoms with Crippen molar-refractivity contribution in [2.24, 2.45) is 0 Å². The number of benzene rings is 1. The van der Waals surface area contributed by atoms with Crippen LogP contribution in [0.5, 0.6) is 5.75 Å². The summed E-state index contributed by atoms with van der Waals surface area (Å²) >= 11 is 0. The number of nitrogens with zero attached hydrogens (tertiary/aromatic N) is 1. The van der Waals surface area contributed by atoms with Gasteiger partial charge in [0.05, 0.1) is 5.56 Å². The first-order valence-corrected chi connectivity index (χ1v) is 5.76. The van der Waals surface area contributed by atoms with Gasteiger partial charge in [0, 0.05) is 0 Å². The third kappa shape index (κ3) is 3.64. The lowest BCUT2D eigenvalue weighted by Gasteiger charge is -2.09. The molecule has 0 saturated carbocycles. The smallest absolute Gasteiger partial charge is 0.145 e. The summed E-state index contributed by atoms with van der Waals surface area (Å²) in [7, 11) is 0. The van der Waals surface area contributed by atoms with Crippen molar-refractivity contribution in [3.8, 4) is 11.8 Å². The van der Waals surface area contributed by atoms with E-state index in [0.717, 1.165) is 11.1 Å². The second-order valence-electron chi connectivity index (χ2n) is 4.02. The molecular formula is C16H17NO. The number of rotatable bonds is 4. The Morgan fingerprint density at radius 3 is 2.78 bits per heavy atom. The van der Waals surface area contributed by atoms with Crippen molar-refractivity contribution < 1.29 is 4.74 Å². The van der Waals surface area contributed by atoms with E-state index in [9.17, 15) is 0 Å². The fourth-order valence-electron chi connectivity index (χ4n) is 1.60. The van der Waals surface area contributed by atoms with Crippen LogP contribution in [0.3, 0.4) is 0 Å². The zero-order valence-electron chi connectivity index (χ0n) is 11.0. The molecule has 0 heterocycles. The van der Waals surface area contributed by atoms with Gasteiger partial charge < -0.3 is 4.74 Å². The summed E-state index contributed by atoms with van der Waals surface area (Å²) in [6, 6.07) is 7.67. The van der Waals surface area contributed by atoms with Gasteiger partial charge in [0.15, 0.2) is 0 Å². The van der Waals surface area contributed by atoms with E-state index in [1.165, 1.54) is 0 Å². The summed E-state index contributed by atoms with van der Waals surface area (Å²) in [5, 5.41) is 9.09. The molecule has 1 aromatic rings. The van der Waals surface area contributed by atoms with E-state index in [1.54, 1.807) is 6.07 Å². The van der Waals surface area contributed by atoms with Gasteiger partial charge >= 0.3 is 0 Å². The van der Waals surface area contributed by atoms with E-state index in [-0.39, 0.29) is 0 Å². The highest BCUT2D eigenvalue weighted by molar-refractivity contribution is 5.49. The second kappa shape index (κ2) is 6.46. The van der Waals surface area contributed by atoms with Gasteiger partial charge in [-0.2, -0.15) is 5.26 Å². The molecule has 0 N–H and O–H groups in total.